The first-order valence-corrected chi connectivity index (χ1v) is 8.81. The van der Waals surface area contributed by atoms with Crippen molar-refractivity contribution in [3.63, 3.8) is 0 Å². The predicted octanol–water partition coefficient (Wildman–Crippen LogP) is 3.89. The molecule has 1 heterocycles. The van der Waals surface area contributed by atoms with Crippen molar-refractivity contribution in [2.75, 3.05) is 12.3 Å². The molecule has 1 aromatic carbocycles. The topological polar surface area (TPSA) is 46.1 Å². The van der Waals surface area contributed by atoms with Crippen molar-refractivity contribution in [3.05, 3.63) is 52.3 Å². The lowest BCUT2D eigenvalue weighted by molar-refractivity contribution is -0.128. The first-order chi connectivity index (χ1) is 11.0. The first-order valence-electron chi connectivity index (χ1n) is 7.45. The van der Waals surface area contributed by atoms with Crippen LogP contribution in [-0.4, -0.2) is 33.1 Å². The van der Waals surface area contributed by atoms with E-state index in [4.69, 9.17) is 11.6 Å². The molecule has 6 heteroatoms. The molecule has 0 aliphatic carbocycles. The van der Waals surface area contributed by atoms with Gasteiger partial charge in [-0.05, 0) is 44.5 Å². The molecule has 0 aliphatic heterocycles. The molecule has 4 nitrogen and oxygen atoms in total. The number of halogens is 1. The lowest BCUT2D eigenvalue weighted by Gasteiger charge is -2.20. The van der Waals surface area contributed by atoms with Gasteiger partial charge in [-0.15, -0.1) is 0 Å². The van der Waals surface area contributed by atoms with E-state index in [0.29, 0.717) is 29.0 Å². The first kappa shape index (κ1) is 17.8. The average Bonchev–Trinajstić information content (AvgIpc) is 2.49. The molecule has 0 aliphatic rings. The number of thioether (sulfide) groups is 1. The third-order valence-corrected chi connectivity index (χ3v) is 4.35. The molecule has 0 saturated heterocycles. The zero-order valence-electron chi connectivity index (χ0n) is 13.5. The summed E-state index contributed by atoms with van der Waals surface area (Å²) >= 11 is 7.37. The average molecular weight is 350 g/mol. The van der Waals surface area contributed by atoms with Crippen LogP contribution in [0.15, 0.2) is 35.5 Å². The molecule has 0 unspecified atom stereocenters. The van der Waals surface area contributed by atoms with E-state index >= 15 is 0 Å². The molecule has 2 aromatic rings. The molecule has 0 radical (unpaired) electrons. The zero-order valence-corrected chi connectivity index (χ0v) is 15.1. The van der Waals surface area contributed by atoms with Gasteiger partial charge in [-0.25, -0.2) is 9.97 Å². The Labute approximate surface area is 146 Å². The predicted molar refractivity (Wildman–Crippen MR) is 94.8 cm³/mol. The van der Waals surface area contributed by atoms with Crippen LogP contribution >= 0.6 is 23.4 Å². The summed E-state index contributed by atoms with van der Waals surface area (Å²) < 4.78 is 0. The van der Waals surface area contributed by atoms with Gasteiger partial charge in [0, 0.05) is 29.5 Å². The van der Waals surface area contributed by atoms with Gasteiger partial charge in [0.2, 0.25) is 5.91 Å². The summed E-state index contributed by atoms with van der Waals surface area (Å²) in [5, 5.41) is 1.33. The van der Waals surface area contributed by atoms with Crippen molar-refractivity contribution in [2.24, 2.45) is 0 Å². The van der Waals surface area contributed by atoms with Gasteiger partial charge in [0.15, 0.2) is 5.16 Å². The summed E-state index contributed by atoms with van der Waals surface area (Å²) in [5.74, 6) is 0.400. The van der Waals surface area contributed by atoms with Gasteiger partial charge in [-0.3, -0.25) is 4.79 Å². The van der Waals surface area contributed by atoms with Gasteiger partial charge in [0.25, 0.3) is 0 Å². The maximum atomic E-state index is 12.4. The summed E-state index contributed by atoms with van der Waals surface area (Å²) in [6.07, 6.45) is 0. The van der Waals surface area contributed by atoms with Crippen LogP contribution in [0, 0.1) is 13.8 Å². The van der Waals surface area contributed by atoms with E-state index in [0.717, 1.165) is 17.0 Å². The number of aromatic nitrogens is 2. The Morgan fingerprint density at radius 2 is 1.91 bits per heavy atom. The van der Waals surface area contributed by atoms with Gasteiger partial charge in [-0.1, -0.05) is 35.5 Å². The quantitative estimate of drug-likeness (QED) is 0.586. The highest BCUT2D eigenvalue weighted by Gasteiger charge is 2.14. The van der Waals surface area contributed by atoms with Crippen LogP contribution in [0.1, 0.15) is 23.9 Å². The minimum atomic E-state index is 0.0697. The Kier molecular flexibility index (Phi) is 6.42. The Morgan fingerprint density at radius 3 is 2.52 bits per heavy atom. The highest BCUT2D eigenvalue weighted by Crippen LogP contribution is 2.17. The van der Waals surface area contributed by atoms with Crippen molar-refractivity contribution < 1.29 is 4.79 Å². The third kappa shape index (κ3) is 5.52. The van der Waals surface area contributed by atoms with E-state index in [9.17, 15) is 4.79 Å². The second-order valence-electron chi connectivity index (χ2n) is 5.26. The normalized spacial score (nSPS) is 10.6. The Morgan fingerprint density at radius 1 is 1.22 bits per heavy atom. The Hall–Kier alpha value is -1.59. The van der Waals surface area contributed by atoms with Crippen molar-refractivity contribution in [2.45, 2.75) is 32.5 Å². The summed E-state index contributed by atoms with van der Waals surface area (Å²) in [6.45, 7) is 7.04. The fourth-order valence-electron chi connectivity index (χ4n) is 2.21. The van der Waals surface area contributed by atoms with Crippen LogP contribution in [0.3, 0.4) is 0 Å². The number of carbonyl (C=O) groups is 1. The third-order valence-electron chi connectivity index (χ3n) is 3.28. The van der Waals surface area contributed by atoms with Crippen molar-refractivity contribution in [1.29, 1.82) is 0 Å². The van der Waals surface area contributed by atoms with Gasteiger partial charge in [-0.2, -0.15) is 0 Å². The number of benzene rings is 1. The fraction of sp³-hybridized carbons (Fsp3) is 0.353. The molecule has 0 atom stereocenters. The number of carbonyl (C=O) groups excluding carboxylic acids is 1. The molecule has 0 spiro atoms. The number of hydrogen-bond acceptors (Lipinski definition) is 4. The van der Waals surface area contributed by atoms with Crippen LogP contribution in [0.25, 0.3) is 0 Å². The van der Waals surface area contributed by atoms with Gasteiger partial charge >= 0.3 is 0 Å². The second kappa shape index (κ2) is 8.31. The Bertz CT molecular complexity index is 673. The molecule has 0 bridgehead atoms. The fourth-order valence-corrected chi connectivity index (χ4v) is 3.27. The molecule has 0 saturated carbocycles. The van der Waals surface area contributed by atoms with Crippen LogP contribution in [0.2, 0.25) is 5.02 Å². The van der Waals surface area contributed by atoms with Crippen LogP contribution in [0.4, 0.5) is 0 Å². The zero-order chi connectivity index (χ0) is 16.8. The Balaban J connectivity index is 1.97. The summed E-state index contributed by atoms with van der Waals surface area (Å²) in [5.41, 5.74) is 2.86. The van der Waals surface area contributed by atoms with Crippen molar-refractivity contribution in [1.82, 2.24) is 14.9 Å². The van der Waals surface area contributed by atoms with E-state index in [2.05, 4.69) is 9.97 Å². The molecule has 1 aromatic heterocycles. The molecular formula is C17H20ClN3OS. The summed E-state index contributed by atoms with van der Waals surface area (Å²) in [4.78, 5) is 22.9. The second-order valence-corrected chi connectivity index (χ2v) is 6.64. The van der Waals surface area contributed by atoms with Gasteiger partial charge < -0.3 is 4.90 Å². The standard InChI is InChI=1S/C17H20ClN3OS/c1-4-21(10-14-6-5-7-15(18)9-14)16(22)11-23-17-19-12(2)8-13(3)20-17/h5-9H,4,10-11H2,1-3H3. The number of nitrogens with zero attached hydrogens (tertiary/aromatic N) is 3. The molecule has 122 valence electrons. The minimum Gasteiger partial charge on any atom is -0.338 e. The molecule has 0 fully saturated rings. The van der Waals surface area contributed by atoms with Crippen molar-refractivity contribution in [3.8, 4) is 0 Å². The molecule has 23 heavy (non-hydrogen) atoms. The maximum absolute atomic E-state index is 12.4. The smallest absolute Gasteiger partial charge is 0.233 e. The van der Waals surface area contributed by atoms with Gasteiger partial charge in [0.05, 0.1) is 5.75 Å². The lowest BCUT2D eigenvalue weighted by Crippen LogP contribution is -2.31. The highest BCUT2D eigenvalue weighted by atomic mass is 35.5. The molecule has 2 rings (SSSR count). The van der Waals surface area contributed by atoms with Gasteiger partial charge in [0.1, 0.15) is 0 Å². The monoisotopic (exact) mass is 349 g/mol. The SMILES string of the molecule is CCN(Cc1cccc(Cl)c1)C(=O)CSc1nc(C)cc(C)n1. The summed E-state index contributed by atoms with van der Waals surface area (Å²) in [6, 6.07) is 9.51. The summed E-state index contributed by atoms with van der Waals surface area (Å²) in [7, 11) is 0. The van der Waals surface area contributed by atoms with E-state index < -0.39 is 0 Å². The minimum absolute atomic E-state index is 0.0697. The van der Waals surface area contributed by atoms with Crippen LogP contribution in [0.5, 0.6) is 0 Å². The van der Waals surface area contributed by atoms with E-state index in [1.54, 1.807) is 4.90 Å². The van der Waals surface area contributed by atoms with Crippen LogP contribution < -0.4 is 0 Å². The molecule has 0 N–H and O–H groups in total. The number of hydrogen-bond donors (Lipinski definition) is 0. The van der Waals surface area contributed by atoms with Crippen LogP contribution in [-0.2, 0) is 11.3 Å². The number of rotatable bonds is 6. The number of amides is 1. The lowest BCUT2D eigenvalue weighted by atomic mass is 10.2. The molecular weight excluding hydrogens is 330 g/mol. The van der Waals surface area contributed by atoms with E-state index in [1.807, 2.05) is 51.1 Å². The maximum Gasteiger partial charge on any atom is 0.233 e. The highest BCUT2D eigenvalue weighted by molar-refractivity contribution is 7.99. The van der Waals surface area contributed by atoms with E-state index in [-0.39, 0.29) is 5.91 Å². The van der Waals surface area contributed by atoms with E-state index in [1.165, 1.54) is 11.8 Å². The largest absolute Gasteiger partial charge is 0.338 e. The number of aryl methyl sites for hydroxylation is 2. The van der Waals surface area contributed by atoms with Crippen molar-refractivity contribution >= 4 is 29.3 Å². The molecule has 1 amide bonds.